The third-order valence-electron chi connectivity index (χ3n) is 3.32. The Morgan fingerprint density at radius 2 is 1.24 bits per heavy atom. The Bertz CT molecular complexity index is 287. The molecule has 0 spiro atoms. The largest absolute Gasteiger partial charge is 0.463 e. The van der Waals surface area contributed by atoms with Crippen molar-refractivity contribution in [1.29, 1.82) is 0 Å². The Balaban J connectivity index is 4.29. The van der Waals surface area contributed by atoms with Crippen molar-refractivity contribution in [2.45, 2.75) is 77.8 Å². The van der Waals surface area contributed by atoms with Crippen LogP contribution < -0.4 is 0 Å². The SMILES string of the molecule is CCCCCCCCCC(F)(C(=O)OCC)C(=O)OCC. The molecule has 0 unspecified atom stereocenters. The van der Waals surface area contributed by atoms with Crippen LogP contribution in [0.25, 0.3) is 0 Å². The van der Waals surface area contributed by atoms with Crippen molar-refractivity contribution in [3.05, 3.63) is 0 Å². The molecular formula is C16H29FO4. The number of rotatable bonds is 12. The topological polar surface area (TPSA) is 52.6 Å². The molecule has 21 heavy (non-hydrogen) atoms. The van der Waals surface area contributed by atoms with Gasteiger partial charge in [-0.3, -0.25) is 0 Å². The lowest BCUT2D eigenvalue weighted by atomic mass is 9.97. The average Bonchev–Trinajstić information content (AvgIpc) is 2.46. The van der Waals surface area contributed by atoms with E-state index >= 15 is 0 Å². The molecule has 0 saturated heterocycles. The van der Waals surface area contributed by atoms with Crippen LogP contribution in [0, 0.1) is 0 Å². The standard InChI is InChI=1S/C16H29FO4/c1-4-7-8-9-10-11-12-13-16(17,14(18)20-5-2)15(19)21-6-3/h4-13H2,1-3H3. The van der Waals surface area contributed by atoms with Crippen LogP contribution in [0.1, 0.15) is 72.1 Å². The van der Waals surface area contributed by atoms with E-state index in [1.54, 1.807) is 13.8 Å². The third-order valence-corrected chi connectivity index (χ3v) is 3.32. The van der Waals surface area contributed by atoms with Crippen LogP contribution in [-0.2, 0) is 19.1 Å². The Kier molecular flexibility index (Phi) is 10.9. The Morgan fingerprint density at radius 3 is 1.67 bits per heavy atom. The summed E-state index contributed by atoms with van der Waals surface area (Å²) >= 11 is 0. The van der Waals surface area contributed by atoms with Crippen LogP contribution >= 0.6 is 0 Å². The smallest absolute Gasteiger partial charge is 0.355 e. The van der Waals surface area contributed by atoms with Crippen LogP contribution in [0.2, 0.25) is 0 Å². The molecule has 124 valence electrons. The van der Waals surface area contributed by atoms with Gasteiger partial charge in [0.1, 0.15) is 0 Å². The molecule has 0 fully saturated rings. The van der Waals surface area contributed by atoms with Crippen LogP contribution in [0.15, 0.2) is 0 Å². The summed E-state index contributed by atoms with van der Waals surface area (Å²) in [4.78, 5) is 23.4. The van der Waals surface area contributed by atoms with E-state index in [2.05, 4.69) is 16.4 Å². The number of halogens is 1. The summed E-state index contributed by atoms with van der Waals surface area (Å²) in [5, 5.41) is 0. The predicted octanol–water partition coefficient (Wildman–Crippen LogP) is 3.96. The number of carbonyl (C=O) groups excluding carboxylic acids is 2. The van der Waals surface area contributed by atoms with E-state index in [0.29, 0.717) is 6.42 Å². The van der Waals surface area contributed by atoms with E-state index in [9.17, 15) is 14.0 Å². The van der Waals surface area contributed by atoms with Crippen LogP contribution in [0.4, 0.5) is 4.39 Å². The lowest BCUT2D eigenvalue weighted by molar-refractivity contribution is -0.175. The molecule has 0 aliphatic carbocycles. The zero-order valence-electron chi connectivity index (χ0n) is 13.6. The number of esters is 2. The molecule has 0 N–H and O–H groups in total. The number of ether oxygens (including phenoxy) is 2. The van der Waals surface area contributed by atoms with E-state index in [1.807, 2.05) is 0 Å². The highest BCUT2D eigenvalue weighted by Crippen LogP contribution is 2.24. The summed E-state index contributed by atoms with van der Waals surface area (Å²) in [6.07, 6.45) is 6.76. The minimum atomic E-state index is -2.66. The maximum absolute atomic E-state index is 14.6. The Labute approximate surface area is 127 Å². The van der Waals surface area contributed by atoms with Crippen molar-refractivity contribution in [2.75, 3.05) is 13.2 Å². The molecule has 0 aliphatic rings. The Hall–Kier alpha value is -1.13. The zero-order valence-corrected chi connectivity index (χ0v) is 13.6. The van der Waals surface area contributed by atoms with Crippen molar-refractivity contribution >= 4 is 11.9 Å². The second-order valence-corrected chi connectivity index (χ2v) is 5.11. The first-order valence-electron chi connectivity index (χ1n) is 8.06. The highest BCUT2D eigenvalue weighted by atomic mass is 19.1. The normalized spacial score (nSPS) is 11.2. The van der Waals surface area contributed by atoms with Crippen molar-refractivity contribution in [3.63, 3.8) is 0 Å². The maximum atomic E-state index is 14.6. The van der Waals surface area contributed by atoms with E-state index < -0.39 is 17.6 Å². The molecule has 0 bridgehead atoms. The second-order valence-electron chi connectivity index (χ2n) is 5.11. The van der Waals surface area contributed by atoms with Gasteiger partial charge < -0.3 is 9.47 Å². The summed E-state index contributed by atoms with van der Waals surface area (Å²) < 4.78 is 24.0. The van der Waals surface area contributed by atoms with Crippen LogP contribution in [-0.4, -0.2) is 30.8 Å². The fourth-order valence-corrected chi connectivity index (χ4v) is 2.10. The molecule has 0 amide bonds. The molecule has 0 saturated carbocycles. The van der Waals surface area contributed by atoms with Crippen LogP contribution in [0.5, 0.6) is 0 Å². The first-order valence-corrected chi connectivity index (χ1v) is 8.06. The number of hydrogen-bond donors (Lipinski definition) is 0. The van der Waals surface area contributed by atoms with E-state index in [4.69, 9.17) is 0 Å². The van der Waals surface area contributed by atoms with Crippen molar-refractivity contribution < 1.29 is 23.5 Å². The summed E-state index contributed by atoms with van der Waals surface area (Å²) in [6.45, 7) is 5.40. The van der Waals surface area contributed by atoms with Gasteiger partial charge in [-0.15, -0.1) is 0 Å². The summed E-state index contributed by atoms with van der Waals surface area (Å²) in [6, 6.07) is 0. The molecule has 0 rings (SSSR count). The van der Waals surface area contributed by atoms with E-state index in [-0.39, 0.29) is 19.6 Å². The van der Waals surface area contributed by atoms with Gasteiger partial charge in [-0.2, -0.15) is 0 Å². The highest BCUT2D eigenvalue weighted by Gasteiger charge is 2.49. The molecule has 4 nitrogen and oxygen atoms in total. The average molecular weight is 304 g/mol. The number of alkyl halides is 1. The summed E-state index contributed by atoms with van der Waals surface area (Å²) in [5.41, 5.74) is -2.66. The Morgan fingerprint density at radius 1 is 0.810 bits per heavy atom. The molecule has 0 atom stereocenters. The molecule has 0 aromatic heterocycles. The lowest BCUT2D eigenvalue weighted by Gasteiger charge is -2.21. The maximum Gasteiger partial charge on any atom is 0.355 e. The van der Waals surface area contributed by atoms with Gasteiger partial charge in [-0.05, 0) is 20.3 Å². The lowest BCUT2D eigenvalue weighted by Crippen LogP contribution is -2.45. The monoisotopic (exact) mass is 304 g/mol. The number of carbonyl (C=O) groups is 2. The third kappa shape index (κ3) is 7.44. The van der Waals surface area contributed by atoms with Gasteiger partial charge in [0.25, 0.3) is 0 Å². The van der Waals surface area contributed by atoms with E-state index in [1.165, 1.54) is 19.3 Å². The van der Waals surface area contributed by atoms with Gasteiger partial charge in [0.2, 0.25) is 0 Å². The zero-order chi connectivity index (χ0) is 16.1. The van der Waals surface area contributed by atoms with Gasteiger partial charge in [0.05, 0.1) is 13.2 Å². The molecule has 5 heteroatoms. The first-order chi connectivity index (χ1) is 10.0. The van der Waals surface area contributed by atoms with Gasteiger partial charge >= 0.3 is 17.6 Å². The van der Waals surface area contributed by atoms with Crippen molar-refractivity contribution in [3.8, 4) is 0 Å². The summed E-state index contributed by atoms with van der Waals surface area (Å²) in [5.74, 6) is -2.26. The number of unbranched alkanes of at least 4 members (excludes halogenated alkanes) is 6. The molecule has 0 aromatic rings. The summed E-state index contributed by atoms with van der Waals surface area (Å²) in [7, 11) is 0. The molecule has 0 heterocycles. The second kappa shape index (κ2) is 11.5. The van der Waals surface area contributed by atoms with Gasteiger partial charge in [0, 0.05) is 6.42 Å². The number of hydrogen-bond acceptors (Lipinski definition) is 4. The predicted molar refractivity (Wildman–Crippen MR) is 79.7 cm³/mol. The van der Waals surface area contributed by atoms with Crippen molar-refractivity contribution in [1.82, 2.24) is 0 Å². The molecule has 0 radical (unpaired) electrons. The van der Waals surface area contributed by atoms with Gasteiger partial charge in [0.15, 0.2) is 0 Å². The molecule has 0 aromatic carbocycles. The molecule has 0 aliphatic heterocycles. The van der Waals surface area contributed by atoms with Crippen LogP contribution in [0.3, 0.4) is 0 Å². The quantitative estimate of drug-likeness (QED) is 0.311. The fourth-order valence-electron chi connectivity index (χ4n) is 2.10. The fraction of sp³-hybridized carbons (Fsp3) is 0.875. The minimum Gasteiger partial charge on any atom is -0.463 e. The minimum absolute atomic E-state index is 0.0426. The van der Waals surface area contributed by atoms with E-state index in [0.717, 1.165) is 19.3 Å². The molecular weight excluding hydrogens is 275 g/mol. The van der Waals surface area contributed by atoms with Gasteiger partial charge in [-0.1, -0.05) is 45.4 Å². The van der Waals surface area contributed by atoms with Crippen molar-refractivity contribution in [2.24, 2.45) is 0 Å². The first kappa shape index (κ1) is 19.9. The van der Waals surface area contributed by atoms with Gasteiger partial charge in [-0.25, -0.2) is 14.0 Å². The highest BCUT2D eigenvalue weighted by molar-refractivity contribution is 6.03.